The summed E-state index contributed by atoms with van der Waals surface area (Å²) >= 11 is 0. The van der Waals surface area contributed by atoms with Crippen LogP contribution in [0.2, 0.25) is 0 Å². The van der Waals surface area contributed by atoms with Gasteiger partial charge < -0.3 is 10.6 Å². The molecule has 0 spiro atoms. The van der Waals surface area contributed by atoms with Gasteiger partial charge in [-0.1, -0.05) is 62.4 Å². The number of imide groups is 1. The van der Waals surface area contributed by atoms with E-state index in [1.54, 1.807) is 0 Å². The Morgan fingerprint density at radius 2 is 1.75 bits per heavy atom. The molecular weight excluding hydrogens is 354 g/mol. The molecule has 6 nitrogen and oxygen atoms in total. The third kappa shape index (κ3) is 5.12. The maximum Gasteiger partial charge on any atom is 0.325 e. The minimum absolute atomic E-state index is 0.0258. The third-order valence-corrected chi connectivity index (χ3v) is 5.85. The number of amides is 4. The first kappa shape index (κ1) is 20.4. The highest BCUT2D eigenvalue weighted by Crippen LogP contribution is 2.25. The molecule has 0 aromatic heterocycles. The first-order chi connectivity index (χ1) is 13.6. The van der Waals surface area contributed by atoms with E-state index in [1.165, 1.54) is 24.2 Å². The smallest absolute Gasteiger partial charge is 0.325 e. The molecule has 1 saturated carbocycles. The minimum atomic E-state index is -0.623. The summed E-state index contributed by atoms with van der Waals surface area (Å²) in [6, 6.07) is 8.40. The van der Waals surface area contributed by atoms with Crippen LogP contribution in [0.3, 0.4) is 0 Å². The fourth-order valence-electron chi connectivity index (χ4n) is 4.17. The second-order valence-electron chi connectivity index (χ2n) is 7.95. The highest BCUT2D eigenvalue weighted by molar-refractivity contribution is 6.04. The van der Waals surface area contributed by atoms with Gasteiger partial charge in [0.1, 0.15) is 6.04 Å². The van der Waals surface area contributed by atoms with Crippen LogP contribution in [0.25, 0.3) is 0 Å². The summed E-state index contributed by atoms with van der Waals surface area (Å²) in [6.07, 6.45) is 8.75. The van der Waals surface area contributed by atoms with Crippen molar-refractivity contribution in [3.8, 4) is 0 Å². The van der Waals surface area contributed by atoms with E-state index in [0.717, 1.165) is 31.2 Å². The summed E-state index contributed by atoms with van der Waals surface area (Å²) < 4.78 is 0. The molecule has 1 aliphatic carbocycles. The first-order valence-electron chi connectivity index (χ1n) is 10.5. The van der Waals surface area contributed by atoms with E-state index in [2.05, 4.69) is 10.6 Å². The molecule has 1 aliphatic heterocycles. The van der Waals surface area contributed by atoms with Crippen molar-refractivity contribution in [2.24, 2.45) is 0 Å². The molecule has 1 aromatic carbocycles. The number of urea groups is 1. The molecule has 2 atom stereocenters. The summed E-state index contributed by atoms with van der Waals surface area (Å²) in [6.45, 7) is 1.84. The second kappa shape index (κ2) is 9.71. The lowest BCUT2D eigenvalue weighted by atomic mass is 9.96. The molecule has 152 valence electrons. The molecule has 0 bridgehead atoms. The lowest BCUT2D eigenvalue weighted by molar-refractivity contribution is -0.129. The molecule has 1 heterocycles. The van der Waals surface area contributed by atoms with Crippen molar-refractivity contribution in [2.45, 2.75) is 82.8 Å². The van der Waals surface area contributed by atoms with Gasteiger partial charge >= 0.3 is 6.03 Å². The Labute approximate surface area is 167 Å². The van der Waals surface area contributed by atoms with Gasteiger partial charge in [0.15, 0.2) is 0 Å². The summed E-state index contributed by atoms with van der Waals surface area (Å²) in [4.78, 5) is 38.7. The van der Waals surface area contributed by atoms with E-state index in [1.807, 2.05) is 37.3 Å². The van der Waals surface area contributed by atoms with Crippen LogP contribution in [-0.2, 0) is 9.59 Å². The Bertz CT molecular complexity index is 684. The maximum atomic E-state index is 12.7. The average molecular weight is 386 g/mol. The second-order valence-corrected chi connectivity index (χ2v) is 7.95. The van der Waals surface area contributed by atoms with Crippen molar-refractivity contribution in [1.29, 1.82) is 0 Å². The predicted molar refractivity (Wildman–Crippen MR) is 108 cm³/mol. The van der Waals surface area contributed by atoms with E-state index >= 15 is 0 Å². The standard InChI is InChI=1S/C22H31N3O3/c1-16(17-10-6-5-7-11-17)25-21(27)19(24-22(25)28)14-15-20(26)23-18-12-8-3-2-4-9-13-18/h5-7,10-11,16,18-19H,2-4,8-9,12-15H2,1H3,(H,23,26)(H,24,28). The van der Waals surface area contributed by atoms with Crippen LogP contribution >= 0.6 is 0 Å². The lowest BCUT2D eigenvalue weighted by Crippen LogP contribution is -2.37. The molecule has 6 heteroatoms. The van der Waals surface area contributed by atoms with Gasteiger partial charge in [-0.3, -0.25) is 14.5 Å². The van der Waals surface area contributed by atoms with Crippen LogP contribution in [0, 0.1) is 0 Å². The molecule has 2 unspecified atom stereocenters. The van der Waals surface area contributed by atoms with Crippen LogP contribution in [0.4, 0.5) is 4.79 Å². The number of nitrogens with one attached hydrogen (secondary N) is 2. The average Bonchev–Trinajstić information content (AvgIpc) is 2.96. The van der Waals surface area contributed by atoms with Crippen molar-refractivity contribution < 1.29 is 14.4 Å². The van der Waals surface area contributed by atoms with Crippen molar-refractivity contribution in [3.63, 3.8) is 0 Å². The van der Waals surface area contributed by atoms with Crippen LogP contribution in [-0.4, -0.2) is 34.8 Å². The van der Waals surface area contributed by atoms with E-state index in [9.17, 15) is 14.4 Å². The number of hydrogen-bond acceptors (Lipinski definition) is 3. The topological polar surface area (TPSA) is 78.5 Å². The highest BCUT2D eigenvalue weighted by Gasteiger charge is 2.40. The summed E-state index contributed by atoms with van der Waals surface area (Å²) in [7, 11) is 0. The Morgan fingerprint density at radius 3 is 2.43 bits per heavy atom. The molecule has 0 radical (unpaired) electrons. The van der Waals surface area contributed by atoms with Crippen LogP contribution in [0.5, 0.6) is 0 Å². The van der Waals surface area contributed by atoms with Crippen LogP contribution < -0.4 is 10.6 Å². The van der Waals surface area contributed by atoms with E-state index in [-0.39, 0.29) is 36.3 Å². The van der Waals surface area contributed by atoms with Gasteiger partial charge in [0, 0.05) is 12.5 Å². The number of carbonyl (C=O) groups excluding carboxylic acids is 3. The van der Waals surface area contributed by atoms with Crippen LogP contribution in [0.15, 0.2) is 30.3 Å². The van der Waals surface area contributed by atoms with Gasteiger partial charge in [0.05, 0.1) is 6.04 Å². The van der Waals surface area contributed by atoms with E-state index in [4.69, 9.17) is 0 Å². The zero-order valence-electron chi connectivity index (χ0n) is 16.7. The lowest BCUT2D eigenvalue weighted by Gasteiger charge is -2.22. The van der Waals surface area contributed by atoms with Crippen molar-refractivity contribution >= 4 is 17.8 Å². The van der Waals surface area contributed by atoms with Gasteiger partial charge in [0.25, 0.3) is 5.91 Å². The normalized spacial score (nSPS) is 22.3. The number of hydrogen-bond donors (Lipinski definition) is 2. The van der Waals surface area contributed by atoms with Gasteiger partial charge in [-0.15, -0.1) is 0 Å². The van der Waals surface area contributed by atoms with Gasteiger partial charge in [0.2, 0.25) is 5.91 Å². The van der Waals surface area contributed by atoms with Crippen molar-refractivity contribution in [2.75, 3.05) is 0 Å². The fraction of sp³-hybridized carbons (Fsp3) is 0.591. The number of rotatable bonds is 6. The maximum absolute atomic E-state index is 12.7. The molecule has 28 heavy (non-hydrogen) atoms. The molecule has 2 N–H and O–H groups in total. The molecule has 1 aromatic rings. The molecule has 4 amide bonds. The third-order valence-electron chi connectivity index (χ3n) is 5.85. The number of benzene rings is 1. The molecule has 2 fully saturated rings. The largest absolute Gasteiger partial charge is 0.353 e. The van der Waals surface area contributed by atoms with Crippen LogP contribution in [0.1, 0.15) is 76.3 Å². The molecular formula is C22H31N3O3. The van der Waals surface area contributed by atoms with Crippen molar-refractivity contribution in [1.82, 2.24) is 15.5 Å². The van der Waals surface area contributed by atoms with E-state index < -0.39 is 6.04 Å². The zero-order valence-corrected chi connectivity index (χ0v) is 16.7. The molecule has 2 aliphatic rings. The fourth-order valence-corrected chi connectivity index (χ4v) is 4.17. The first-order valence-corrected chi connectivity index (χ1v) is 10.5. The summed E-state index contributed by atoms with van der Waals surface area (Å²) in [5.74, 6) is -0.276. The van der Waals surface area contributed by atoms with Crippen molar-refractivity contribution in [3.05, 3.63) is 35.9 Å². The molecule has 1 saturated heterocycles. The summed E-state index contributed by atoms with van der Waals surface area (Å²) in [5.41, 5.74) is 0.911. The SMILES string of the molecule is CC(c1ccccc1)N1C(=O)NC(CCC(=O)NC2CCCCCCC2)C1=O. The van der Waals surface area contributed by atoms with E-state index in [0.29, 0.717) is 6.42 Å². The Balaban J connectivity index is 1.50. The van der Waals surface area contributed by atoms with Gasteiger partial charge in [-0.25, -0.2) is 4.79 Å². The van der Waals surface area contributed by atoms with Gasteiger partial charge in [-0.05, 0) is 31.7 Å². The summed E-state index contributed by atoms with van der Waals surface area (Å²) in [5, 5.41) is 5.86. The highest BCUT2D eigenvalue weighted by atomic mass is 16.2. The Kier molecular flexibility index (Phi) is 7.06. The predicted octanol–water partition coefficient (Wildman–Crippen LogP) is 3.68. The number of carbonyl (C=O) groups is 3. The zero-order chi connectivity index (χ0) is 19.9. The molecule has 3 rings (SSSR count). The quantitative estimate of drug-likeness (QED) is 0.733. The number of nitrogens with zero attached hydrogens (tertiary/aromatic N) is 1. The van der Waals surface area contributed by atoms with Gasteiger partial charge in [-0.2, -0.15) is 0 Å². The Morgan fingerprint density at radius 1 is 1.11 bits per heavy atom. The minimum Gasteiger partial charge on any atom is -0.353 e. The monoisotopic (exact) mass is 385 g/mol. The Hall–Kier alpha value is -2.37.